The molecule has 1 heterocycles. The van der Waals surface area contributed by atoms with Gasteiger partial charge in [-0.25, -0.2) is 12.7 Å². The van der Waals surface area contributed by atoms with Gasteiger partial charge in [0.25, 0.3) is 0 Å². The number of sulfonamides is 1. The molecule has 1 aliphatic heterocycles. The third-order valence-electron chi connectivity index (χ3n) is 2.86. The van der Waals surface area contributed by atoms with E-state index in [0.29, 0.717) is 13.1 Å². The van der Waals surface area contributed by atoms with Crippen LogP contribution in [0.3, 0.4) is 0 Å². The quantitative estimate of drug-likeness (QED) is 0.817. The maximum atomic E-state index is 11.9. The summed E-state index contributed by atoms with van der Waals surface area (Å²) in [5.74, 6) is 0.518. The molecule has 1 aliphatic rings. The standard InChI is InChI=1S/C10H22N2O2S.ClH/c1-3-4-9(2)8-15(13,14)12-6-5-10(11)7-12;/h9-10H,3-8,11H2,1-2H3;1H/t9?,10-;/m1./s1. The molecule has 1 saturated heterocycles. The Labute approximate surface area is 105 Å². The van der Waals surface area contributed by atoms with E-state index >= 15 is 0 Å². The number of nitrogens with zero attached hydrogens (tertiary/aromatic N) is 1. The first-order valence-electron chi connectivity index (χ1n) is 5.69. The number of rotatable bonds is 5. The van der Waals surface area contributed by atoms with Crippen molar-refractivity contribution in [3.05, 3.63) is 0 Å². The molecule has 0 aromatic heterocycles. The van der Waals surface area contributed by atoms with Gasteiger partial charge in [0.05, 0.1) is 5.75 Å². The highest BCUT2D eigenvalue weighted by Crippen LogP contribution is 2.16. The number of halogens is 1. The van der Waals surface area contributed by atoms with Crippen LogP contribution in [0.4, 0.5) is 0 Å². The van der Waals surface area contributed by atoms with Crippen LogP contribution in [-0.4, -0.2) is 37.6 Å². The second-order valence-corrected chi connectivity index (χ2v) is 6.59. The van der Waals surface area contributed by atoms with E-state index in [2.05, 4.69) is 6.92 Å². The Morgan fingerprint density at radius 2 is 2.12 bits per heavy atom. The van der Waals surface area contributed by atoms with E-state index in [1.807, 2.05) is 6.92 Å². The summed E-state index contributed by atoms with van der Waals surface area (Å²) < 4.78 is 25.4. The maximum absolute atomic E-state index is 11.9. The molecule has 0 saturated carbocycles. The maximum Gasteiger partial charge on any atom is 0.214 e. The first-order valence-corrected chi connectivity index (χ1v) is 7.30. The third kappa shape index (κ3) is 4.57. The zero-order valence-corrected chi connectivity index (χ0v) is 11.7. The predicted octanol–water partition coefficient (Wildman–Crippen LogP) is 1.21. The molecule has 0 aliphatic carbocycles. The largest absolute Gasteiger partial charge is 0.326 e. The number of hydrogen-bond donors (Lipinski definition) is 1. The van der Waals surface area contributed by atoms with Crippen molar-refractivity contribution in [2.75, 3.05) is 18.8 Å². The van der Waals surface area contributed by atoms with Gasteiger partial charge in [-0.3, -0.25) is 0 Å². The monoisotopic (exact) mass is 270 g/mol. The minimum Gasteiger partial charge on any atom is -0.326 e. The van der Waals surface area contributed by atoms with E-state index in [-0.39, 0.29) is 30.1 Å². The van der Waals surface area contributed by atoms with E-state index in [1.165, 1.54) is 0 Å². The normalized spacial score (nSPS) is 24.1. The lowest BCUT2D eigenvalue weighted by atomic mass is 10.1. The van der Waals surface area contributed by atoms with Crippen LogP contribution in [0.2, 0.25) is 0 Å². The molecule has 1 unspecified atom stereocenters. The van der Waals surface area contributed by atoms with Crippen molar-refractivity contribution in [2.45, 2.75) is 39.2 Å². The number of nitrogens with two attached hydrogens (primary N) is 1. The second kappa shape index (κ2) is 6.79. The Morgan fingerprint density at radius 1 is 1.50 bits per heavy atom. The van der Waals surface area contributed by atoms with Gasteiger partial charge in [0.1, 0.15) is 0 Å². The Kier molecular flexibility index (Phi) is 6.86. The van der Waals surface area contributed by atoms with E-state index in [9.17, 15) is 8.42 Å². The summed E-state index contributed by atoms with van der Waals surface area (Å²) in [6.45, 7) is 5.18. The molecule has 2 atom stereocenters. The molecule has 0 radical (unpaired) electrons. The van der Waals surface area contributed by atoms with Gasteiger partial charge < -0.3 is 5.73 Å². The fraction of sp³-hybridized carbons (Fsp3) is 1.00. The highest BCUT2D eigenvalue weighted by molar-refractivity contribution is 7.89. The van der Waals surface area contributed by atoms with Gasteiger partial charge in [-0.05, 0) is 18.8 Å². The van der Waals surface area contributed by atoms with Gasteiger partial charge in [0.15, 0.2) is 0 Å². The topological polar surface area (TPSA) is 63.4 Å². The first-order chi connectivity index (χ1) is 6.95. The Bertz CT molecular complexity index is 295. The molecular formula is C10H23ClN2O2S. The van der Waals surface area contributed by atoms with Crippen LogP contribution in [-0.2, 0) is 10.0 Å². The third-order valence-corrected chi connectivity index (χ3v) is 4.97. The van der Waals surface area contributed by atoms with E-state index in [4.69, 9.17) is 5.73 Å². The van der Waals surface area contributed by atoms with Crippen molar-refractivity contribution in [3.63, 3.8) is 0 Å². The van der Waals surface area contributed by atoms with E-state index in [0.717, 1.165) is 19.3 Å². The van der Waals surface area contributed by atoms with Gasteiger partial charge >= 0.3 is 0 Å². The van der Waals surface area contributed by atoms with Gasteiger partial charge in [0, 0.05) is 19.1 Å². The summed E-state index contributed by atoms with van der Waals surface area (Å²) in [5, 5.41) is 0. The van der Waals surface area contributed by atoms with Crippen molar-refractivity contribution < 1.29 is 8.42 Å². The highest BCUT2D eigenvalue weighted by Gasteiger charge is 2.30. The molecule has 0 aromatic rings. The summed E-state index contributed by atoms with van der Waals surface area (Å²) in [5.41, 5.74) is 5.71. The van der Waals surface area contributed by atoms with Crippen LogP contribution in [0.15, 0.2) is 0 Å². The molecule has 1 rings (SSSR count). The molecule has 0 spiro atoms. The Hall–Kier alpha value is 0.160. The van der Waals surface area contributed by atoms with E-state index < -0.39 is 10.0 Å². The summed E-state index contributed by atoms with van der Waals surface area (Å²) >= 11 is 0. The highest BCUT2D eigenvalue weighted by atomic mass is 35.5. The van der Waals surface area contributed by atoms with Crippen molar-refractivity contribution in [2.24, 2.45) is 11.7 Å². The average molecular weight is 271 g/mol. The summed E-state index contributed by atoms with van der Waals surface area (Å²) in [7, 11) is -3.06. The molecule has 0 aromatic carbocycles. The zero-order chi connectivity index (χ0) is 11.5. The Balaban J connectivity index is 0.00000225. The van der Waals surface area contributed by atoms with Crippen LogP contribution in [0.5, 0.6) is 0 Å². The molecule has 6 heteroatoms. The molecule has 0 bridgehead atoms. The van der Waals surface area contributed by atoms with Gasteiger partial charge in [0.2, 0.25) is 10.0 Å². The van der Waals surface area contributed by atoms with Gasteiger partial charge in [-0.1, -0.05) is 20.3 Å². The molecule has 98 valence electrons. The lowest BCUT2D eigenvalue weighted by Gasteiger charge is -2.18. The van der Waals surface area contributed by atoms with Crippen molar-refractivity contribution in [1.82, 2.24) is 4.31 Å². The number of hydrogen-bond acceptors (Lipinski definition) is 3. The summed E-state index contributed by atoms with van der Waals surface area (Å²) in [6, 6.07) is 0.0289. The predicted molar refractivity (Wildman–Crippen MR) is 69.3 cm³/mol. The summed E-state index contributed by atoms with van der Waals surface area (Å²) in [6.07, 6.45) is 2.80. The first kappa shape index (κ1) is 16.2. The van der Waals surface area contributed by atoms with Crippen molar-refractivity contribution >= 4 is 22.4 Å². The van der Waals surface area contributed by atoms with E-state index in [1.54, 1.807) is 4.31 Å². The molecular weight excluding hydrogens is 248 g/mol. The smallest absolute Gasteiger partial charge is 0.214 e. The molecule has 2 N–H and O–H groups in total. The molecule has 16 heavy (non-hydrogen) atoms. The fourth-order valence-electron chi connectivity index (χ4n) is 2.05. The molecule has 0 amide bonds. The van der Waals surface area contributed by atoms with Gasteiger partial charge in [-0.2, -0.15) is 0 Å². The molecule has 4 nitrogen and oxygen atoms in total. The van der Waals surface area contributed by atoms with Crippen LogP contribution < -0.4 is 5.73 Å². The van der Waals surface area contributed by atoms with Gasteiger partial charge in [-0.15, -0.1) is 12.4 Å². The van der Waals surface area contributed by atoms with Crippen molar-refractivity contribution in [3.8, 4) is 0 Å². The van der Waals surface area contributed by atoms with Crippen LogP contribution in [0.25, 0.3) is 0 Å². The summed E-state index contributed by atoms with van der Waals surface area (Å²) in [4.78, 5) is 0. The van der Waals surface area contributed by atoms with Crippen molar-refractivity contribution in [1.29, 1.82) is 0 Å². The second-order valence-electron chi connectivity index (χ2n) is 4.58. The minimum absolute atomic E-state index is 0. The SMILES string of the molecule is CCCC(C)CS(=O)(=O)N1CC[C@@H](N)C1.Cl. The van der Waals surface area contributed by atoms with Crippen LogP contribution in [0.1, 0.15) is 33.1 Å². The van der Waals surface area contributed by atoms with Crippen LogP contribution in [0, 0.1) is 5.92 Å². The zero-order valence-electron chi connectivity index (χ0n) is 10.1. The fourth-order valence-corrected chi connectivity index (χ4v) is 3.95. The minimum atomic E-state index is -3.06. The Morgan fingerprint density at radius 3 is 2.56 bits per heavy atom. The van der Waals surface area contributed by atoms with Crippen LogP contribution >= 0.6 is 12.4 Å². The lowest BCUT2D eigenvalue weighted by molar-refractivity contribution is 0.457. The average Bonchev–Trinajstić information content (AvgIpc) is 2.51. The lowest BCUT2D eigenvalue weighted by Crippen LogP contribution is -2.35. The molecule has 1 fully saturated rings.